The maximum absolute atomic E-state index is 12.0. The van der Waals surface area contributed by atoms with E-state index in [1.54, 1.807) is 13.1 Å². The lowest BCUT2D eigenvalue weighted by atomic mass is 10.1. The zero-order valence-corrected chi connectivity index (χ0v) is 10.5. The number of fused-ring (bicyclic) bond motifs is 1. The number of aromatic nitrogens is 1. The number of hydrogen-bond donors (Lipinski definition) is 0. The van der Waals surface area contributed by atoms with E-state index in [1.807, 2.05) is 30.3 Å². The molecule has 0 spiro atoms. The zero-order chi connectivity index (χ0) is 13.1. The quantitative estimate of drug-likeness (QED) is 0.615. The highest BCUT2D eigenvalue weighted by molar-refractivity contribution is 6.34. The van der Waals surface area contributed by atoms with Gasteiger partial charge in [0.2, 0.25) is 0 Å². The Morgan fingerprint density at radius 2 is 2.22 bits per heavy atom. The monoisotopic (exact) mass is 259 g/mol. The summed E-state index contributed by atoms with van der Waals surface area (Å²) in [5, 5.41) is 10.5. The lowest BCUT2D eigenvalue weighted by Crippen LogP contribution is -2.27. The average Bonchev–Trinajstić information content (AvgIpc) is 2.38. The van der Waals surface area contributed by atoms with Crippen LogP contribution in [0.5, 0.6) is 0 Å². The highest BCUT2D eigenvalue weighted by atomic mass is 35.5. The molecule has 5 heteroatoms. The summed E-state index contributed by atoms with van der Waals surface area (Å²) in [6.07, 6.45) is 0. The first-order chi connectivity index (χ1) is 8.63. The van der Waals surface area contributed by atoms with Crippen molar-refractivity contribution in [3.8, 4) is 6.07 Å². The van der Waals surface area contributed by atoms with Gasteiger partial charge in [0.25, 0.3) is 5.91 Å². The van der Waals surface area contributed by atoms with Gasteiger partial charge in [-0.15, -0.1) is 0 Å². The Kier molecular flexibility index (Phi) is 3.45. The fourth-order valence-corrected chi connectivity index (χ4v) is 1.90. The summed E-state index contributed by atoms with van der Waals surface area (Å²) in [7, 11) is 1.55. The van der Waals surface area contributed by atoms with Crippen molar-refractivity contribution in [2.24, 2.45) is 0 Å². The van der Waals surface area contributed by atoms with Crippen LogP contribution >= 0.6 is 11.6 Å². The lowest BCUT2D eigenvalue weighted by molar-refractivity contribution is 0.0806. The van der Waals surface area contributed by atoms with Crippen LogP contribution in [0.4, 0.5) is 0 Å². The Labute approximate surface area is 109 Å². The molecule has 0 saturated carbocycles. The third-order valence-electron chi connectivity index (χ3n) is 2.57. The minimum atomic E-state index is -0.316. The second-order valence-electron chi connectivity index (χ2n) is 3.84. The fraction of sp³-hybridized carbons (Fsp3) is 0.154. The van der Waals surface area contributed by atoms with Crippen LogP contribution < -0.4 is 0 Å². The molecular weight excluding hydrogens is 250 g/mol. The molecule has 2 aromatic rings. The van der Waals surface area contributed by atoms with Crippen LogP contribution in [0.25, 0.3) is 10.8 Å². The molecule has 2 rings (SSSR count). The minimum Gasteiger partial charge on any atom is -0.327 e. The van der Waals surface area contributed by atoms with E-state index in [4.69, 9.17) is 16.9 Å². The molecule has 0 unspecified atom stereocenters. The van der Waals surface area contributed by atoms with E-state index in [0.717, 1.165) is 10.8 Å². The van der Waals surface area contributed by atoms with Crippen molar-refractivity contribution >= 4 is 28.3 Å². The third kappa shape index (κ3) is 2.27. The van der Waals surface area contributed by atoms with Crippen LogP contribution in [-0.4, -0.2) is 29.4 Å². The molecular formula is C13H10ClN3O. The topological polar surface area (TPSA) is 57.0 Å². The minimum absolute atomic E-state index is 0.0188. The van der Waals surface area contributed by atoms with E-state index in [0.29, 0.717) is 5.15 Å². The maximum atomic E-state index is 12.0. The molecule has 90 valence electrons. The number of rotatable bonds is 2. The fourth-order valence-electron chi connectivity index (χ4n) is 1.64. The molecule has 0 saturated heterocycles. The van der Waals surface area contributed by atoms with Gasteiger partial charge in [0, 0.05) is 12.4 Å². The first kappa shape index (κ1) is 12.3. The maximum Gasteiger partial charge on any atom is 0.273 e. The average molecular weight is 260 g/mol. The summed E-state index contributed by atoms with van der Waals surface area (Å²) >= 11 is 6.04. The molecule has 0 aliphatic carbocycles. The molecule has 0 fully saturated rings. The summed E-state index contributed by atoms with van der Waals surface area (Å²) in [5.74, 6) is -0.316. The van der Waals surface area contributed by atoms with Crippen LogP contribution in [0.3, 0.4) is 0 Å². The number of hydrogen-bond acceptors (Lipinski definition) is 3. The number of carbonyl (C=O) groups excluding carboxylic acids is 1. The predicted octanol–water partition coefficient (Wildman–Crippen LogP) is 2.48. The van der Waals surface area contributed by atoms with E-state index in [2.05, 4.69) is 4.98 Å². The van der Waals surface area contributed by atoms with Gasteiger partial charge in [-0.3, -0.25) is 4.79 Å². The predicted molar refractivity (Wildman–Crippen MR) is 69.3 cm³/mol. The Morgan fingerprint density at radius 3 is 2.94 bits per heavy atom. The van der Waals surface area contributed by atoms with Crippen molar-refractivity contribution in [2.75, 3.05) is 13.6 Å². The van der Waals surface area contributed by atoms with Gasteiger partial charge in [-0.1, -0.05) is 35.9 Å². The molecule has 0 aliphatic rings. The molecule has 0 atom stereocenters. The first-order valence-electron chi connectivity index (χ1n) is 5.31. The van der Waals surface area contributed by atoms with Gasteiger partial charge < -0.3 is 4.90 Å². The third-order valence-corrected chi connectivity index (χ3v) is 2.86. The molecule has 1 heterocycles. The zero-order valence-electron chi connectivity index (χ0n) is 9.72. The summed E-state index contributed by atoms with van der Waals surface area (Å²) in [5.41, 5.74) is 0.247. The van der Waals surface area contributed by atoms with Crippen LogP contribution in [-0.2, 0) is 0 Å². The Balaban J connectivity index is 2.47. The number of carbonyl (C=O) groups is 1. The van der Waals surface area contributed by atoms with Gasteiger partial charge in [0.1, 0.15) is 17.4 Å². The lowest BCUT2D eigenvalue weighted by Gasteiger charge is -2.13. The van der Waals surface area contributed by atoms with Crippen molar-refractivity contribution in [3.05, 3.63) is 41.2 Å². The summed E-state index contributed by atoms with van der Waals surface area (Å²) in [4.78, 5) is 17.4. The molecule has 1 amide bonds. The van der Waals surface area contributed by atoms with Gasteiger partial charge in [0.05, 0.1) is 6.07 Å². The van der Waals surface area contributed by atoms with Crippen molar-refractivity contribution in [1.82, 2.24) is 9.88 Å². The Hall–Kier alpha value is -2.12. The van der Waals surface area contributed by atoms with Crippen molar-refractivity contribution in [3.63, 3.8) is 0 Å². The number of pyridine rings is 1. The molecule has 1 aromatic heterocycles. The van der Waals surface area contributed by atoms with Gasteiger partial charge in [0.15, 0.2) is 0 Å². The van der Waals surface area contributed by atoms with Crippen LogP contribution in [0.15, 0.2) is 30.3 Å². The molecule has 0 bridgehead atoms. The number of nitriles is 1. The highest BCUT2D eigenvalue weighted by Crippen LogP contribution is 2.22. The normalized spacial score (nSPS) is 10.1. The van der Waals surface area contributed by atoms with Crippen LogP contribution in [0.1, 0.15) is 10.5 Å². The second kappa shape index (κ2) is 5.03. The van der Waals surface area contributed by atoms with Gasteiger partial charge in [-0.05, 0) is 11.5 Å². The Morgan fingerprint density at radius 1 is 1.50 bits per heavy atom. The largest absolute Gasteiger partial charge is 0.327 e. The van der Waals surface area contributed by atoms with Gasteiger partial charge >= 0.3 is 0 Å². The number of halogens is 1. The van der Waals surface area contributed by atoms with Crippen molar-refractivity contribution in [2.45, 2.75) is 0 Å². The van der Waals surface area contributed by atoms with Crippen LogP contribution in [0, 0.1) is 11.3 Å². The van der Waals surface area contributed by atoms with Gasteiger partial charge in [-0.2, -0.15) is 5.26 Å². The second-order valence-corrected chi connectivity index (χ2v) is 4.20. The number of amides is 1. The molecule has 0 N–H and O–H groups in total. The van der Waals surface area contributed by atoms with E-state index >= 15 is 0 Å². The summed E-state index contributed by atoms with van der Waals surface area (Å²) < 4.78 is 0. The summed E-state index contributed by atoms with van der Waals surface area (Å²) in [6.45, 7) is 0.0188. The van der Waals surface area contributed by atoms with Crippen molar-refractivity contribution in [1.29, 1.82) is 5.26 Å². The first-order valence-corrected chi connectivity index (χ1v) is 5.69. The van der Waals surface area contributed by atoms with Gasteiger partial charge in [-0.25, -0.2) is 4.98 Å². The highest BCUT2D eigenvalue weighted by Gasteiger charge is 2.14. The number of benzene rings is 1. The summed E-state index contributed by atoms with van der Waals surface area (Å²) in [6, 6.07) is 11.0. The number of nitrogens with zero attached hydrogens (tertiary/aromatic N) is 3. The van der Waals surface area contributed by atoms with E-state index in [9.17, 15) is 4.79 Å². The Bertz CT molecular complexity index is 648. The molecule has 0 aliphatic heterocycles. The van der Waals surface area contributed by atoms with E-state index in [1.165, 1.54) is 4.90 Å². The van der Waals surface area contributed by atoms with Crippen LogP contribution in [0.2, 0.25) is 5.15 Å². The standard InChI is InChI=1S/C13H10ClN3O/c1-17(7-6-15)13(18)11-8-9-4-2-3-5-10(9)12(14)16-11/h2-5,8H,7H2,1H3. The SMILES string of the molecule is CN(CC#N)C(=O)c1cc2ccccc2c(Cl)n1. The van der Waals surface area contributed by atoms with E-state index < -0.39 is 0 Å². The molecule has 0 radical (unpaired) electrons. The van der Waals surface area contributed by atoms with E-state index in [-0.39, 0.29) is 18.1 Å². The van der Waals surface area contributed by atoms with Crippen molar-refractivity contribution < 1.29 is 4.79 Å². The molecule has 18 heavy (non-hydrogen) atoms. The smallest absolute Gasteiger partial charge is 0.273 e. The molecule has 1 aromatic carbocycles. The molecule has 4 nitrogen and oxygen atoms in total.